The molecule has 1 heterocycles. The van der Waals surface area contributed by atoms with E-state index in [0.717, 1.165) is 12.4 Å². The van der Waals surface area contributed by atoms with E-state index in [2.05, 4.69) is 10.2 Å². The number of ether oxygens (including phenoxy) is 1. The average Bonchev–Trinajstić information content (AvgIpc) is 3.10. The zero-order valence-corrected chi connectivity index (χ0v) is 10.5. The van der Waals surface area contributed by atoms with Crippen molar-refractivity contribution in [3.05, 3.63) is 46.8 Å². The Morgan fingerprint density at radius 2 is 2.20 bits per heavy atom. The number of aldehydes is 1. The van der Waals surface area contributed by atoms with E-state index in [-0.39, 0.29) is 42.2 Å². The molecule has 0 spiro atoms. The summed E-state index contributed by atoms with van der Waals surface area (Å²) < 4.78 is 33.4. The van der Waals surface area contributed by atoms with Gasteiger partial charge in [0.25, 0.3) is 0 Å². The first-order valence-electron chi connectivity index (χ1n) is 6.25. The maximum absolute atomic E-state index is 14.3. The van der Waals surface area contributed by atoms with Crippen LogP contribution in [0.5, 0.6) is 5.75 Å². The van der Waals surface area contributed by atoms with E-state index in [1.165, 1.54) is 0 Å². The topological polar surface area (TPSA) is 55.0 Å². The number of fused-ring (bicyclic) bond motifs is 1. The van der Waals surface area contributed by atoms with Crippen molar-refractivity contribution in [1.82, 2.24) is 10.2 Å². The summed E-state index contributed by atoms with van der Waals surface area (Å²) in [6.07, 6.45) is 2.83. The summed E-state index contributed by atoms with van der Waals surface area (Å²) in [5, 5.41) is 6.48. The first-order chi connectivity index (χ1) is 9.69. The Balaban J connectivity index is 1.86. The number of nitrogens with one attached hydrogen (secondary N) is 1. The highest BCUT2D eigenvalue weighted by atomic mass is 19.1. The van der Waals surface area contributed by atoms with Crippen molar-refractivity contribution in [1.29, 1.82) is 0 Å². The van der Waals surface area contributed by atoms with Crippen molar-refractivity contribution in [3.8, 4) is 5.75 Å². The molecule has 1 atom stereocenters. The zero-order valence-electron chi connectivity index (χ0n) is 10.5. The van der Waals surface area contributed by atoms with Crippen LogP contribution in [0.4, 0.5) is 8.78 Å². The molecule has 1 aromatic carbocycles. The van der Waals surface area contributed by atoms with Gasteiger partial charge in [0.05, 0.1) is 5.69 Å². The Kier molecular flexibility index (Phi) is 3.22. The van der Waals surface area contributed by atoms with Crippen LogP contribution in [0.25, 0.3) is 0 Å². The largest absolute Gasteiger partial charge is 0.484 e. The predicted molar refractivity (Wildman–Crippen MR) is 66.2 cm³/mol. The lowest BCUT2D eigenvalue weighted by Crippen LogP contribution is -2.02. The molecule has 6 heteroatoms. The Hall–Kier alpha value is -2.24. The summed E-state index contributed by atoms with van der Waals surface area (Å²) >= 11 is 0. The molecule has 0 radical (unpaired) electrons. The molecule has 1 aliphatic carbocycles. The number of nitrogens with zero attached hydrogens (tertiary/aromatic N) is 1. The van der Waals surface area contributed by atoms with Crippen LogP contribution in [0, 0.1) is 17.6 Å². The van der Waals surface area contributed by atoms with Gasteiger partial charge in [0.2, 0.25) is 0 Å². The molecule has 0 saturated heterocycles. The van der Waals surface area contributed by atoms with Gasteiger partial charge in [0, 0.05) is 18.2 Å². The number of carbonyl (C=O) groups is 1. The number of H-pyrrole nitrogens is 1. The van der Waals surface area contributed by atoms with E-state index in [0.29, 0.717) is 5.69 Å². The normalized spacial score (nSPS) is 17.0. The van der Waals surface area contributed by atoms with Crippen molar-refractivity contribution in [2.45, 2.75) is 19.4 Å². The summed E-state index contributed by atoms with van der Waals surface area (Å²) in [6, 6.07) is 2.72. The molecule has 4 nitrogen and oxygen atoms in total. The third kappa shape index (κ3) is 2.17. The van der Waals surface area contributed by atoms with Crippen LogP contribution >= 0.6 is 0 Å². The second-order valence-electron chi connectivity index (χ2n) is 4.79. The molecule has 3 rings (SSSR count). The molecule has 1 aliphatic rings. The molecule has 1 N–H and O–H groups in total. The van der Waals surface area contributed by atoms with E-state index in [4.69, 9.17) is 4.74 Å². The molecule has 0 aliphatic heterocycles. The lowest BCUT2D eigenvalue weighted by atomic mass is 10.1. The second kappa shape index (κ2) is 5.03. The molecule has 0 bridgehead atoms. The number of hydrogen-bond acceptors (Lipinski definition) is 3. The zero-order chi connectivity index (χ0) is 14.1. The number of benzene rings is 1. The molecule has 0 fully saturated rings. The maximum Gasteiger partial charge on any atom is 0.168 e. The van der Waals surface area contributed by atoms with Gasteiger partial charge in [-0.25, -0.2) is 8.78 Å². The standard InChI is InChI=1S/C14H12F2N2O2/c15-12-5-13(20-7-9-1-2-17-18-9)14(16)11-4-8(6-19)3-10(11)12/h1-2,5-6,8H,3-4,7H2,(H,17,18). The van der Waals surface area contributed by atoms with Gasteiger partial charge in [-0.2, -0.15) is 5.10 Å². The number of rotatable bonds is 4. The van der Waals surface area contributed by atoms with E-state index in [9.17, 15) is 13.6 Å². The van der Waals surface area contributed by atoms with Crippen molar-refractivity contribution in [2.24, 2.45) is 5.92 Å². The van der Waals surface area contributed by atoms with Gasteiger partial charge in [0.15, 0.2) is 11.6 Å². The van der Waals surface area contributed by atoms with Crippen molar-refractivity contribution >= 4 is 6.29 Å². The van der Waals surface area contributed by atoms with E-state index in [1.54, 1.807) is 12.3 Å². The van der Waals surface area contributed by atoms with Crippen LogP contribution in [0.15, 0.2) is 18.3 Å². The van der Waals surface area contributed by atoms with Gasteiger partial charge in [-0.3, -0.25) is 5.10 Å². The first-order valence-corrected chi connectivity index (χ1v) is 6.25. The lowest BCUT2D eigenvalue weighted by Gasteiger charge is -2.10. The van der Waals surface area contributed by atoms with Crippen molar-refractivity contribution < 1.29 is 18.3 Å². The number of hydrogen-bond donors (Lipinski definition) is 1. The van der Waals surface area contributed by atoms with Crippen molar-refractivity contribution in [3.63, 3.8) is 0 Å². The Bertz CT molecular complexity index is 641. The lowest BCUT2D eigenvalue weighted by molar-refractivity contribution is -0.110. The first kappa shape index (κ1) is 12.8. The highest BCUT2D eigenvalue weighted by molar-refractivity contribution is 5.59. The highest BCUT2D eigenvalue weighted by Crippen LogP contribution is 2.35. The van der Waals surface area contributed by atoms with Gasteiger partial charge < -0.3 is 9.53 Å². The highest BCUT2D eigenvalue weighted by Gasteiger charge is 2.29. The molecular weight excluding hydrogens is 266 g/mol. The summed E-state index contributed by atoms with van der Waals surface area (Å²) in [5.41, 5.74) is 1.13. The molecule has 20 heavy (non-hydrogen) atoms. The number of carbonyl (C=O) groups excluding carboxylic acids is 1. The summed E-state index contributed by atoms with van der Waals surface area (Å²) in [7, 11) is 0. The molecule has 1 aromatic heterocycles. The summed E-state index contributed by atoms with van der Waals surface area (Å²) in [5.74, 6) is -1.60. The molecule has 2 aromatic rings. The predicted octanol–water partition coefficient (Wildman–Crippen LogP) is 2.18. The van der Waals surface area contributed by atoms with Gasteiger partial charge >= 0.3 is 0 Å². The van der Waals surface area contributed by atoms with E-state index in [1.807, 2.05) is 0 Å². The number of aromatic amines is 1. The van der Waals surface area contributed by atoms with Crippen LogP contribution in [0.2, 0.25) is 0 Å². The van der Waals surface area contributed by atoms with Crippen LogP contribution in [-0.2, 0) is 24.2 Å². The molecule has 104 valence electrons. The Morgan fingerprint density at radius 3 is 2.90 bits per heavy atom. The molecule has 0 saturated carbocycles. The molecule has 0 amide bonds. The SMILES string of the molecule is O=CC1Cc2c(F)cc(OCc3cc[nH]n3)c(F)c2C1. The van der Waals surface area contributed by atoms with Crippen LogP contribution < -0.4 is 4.74 Å². The average molecular weight is 278 g/mol. The summed E-state index contributed by atoms with van der Waals surface area (Å²) in [4.78, 5) is 10.8. The Labute approximate surface area is 113 Å². The fourth-order valence-corrected chi connectivity index (χ4v) is 2.45. The van der Waals surface area contributed by atoms with Crippen LogP contribution in [-0.4, -0.2) is 16.5 Å². The van der Waals surface area contributed by atoms with Crippen LogP contribution in [0.3, 0.4) is 0 Å². The Morgan fingerprint density at radius 1 is 1.40 bits per heavy atom. The second-order valence-corrected chi connectivity index (χ2v) is 4.79. The van der Waals surface area contributed by atoms with Gasteiger partial charge in [-0.05, 0) is 30.0 Å². The quantitative estimate of drug-likeness (QED) is 0.872. The summed E-state index contributed by atoms with van der Waals surface area (Å²) in [6.45, 7) is 0.0513. The smallest absolute Gasteiger partial charge is 0.168 e. The maximum atomic E-state index is 14.3. The minimum Gasteiger partial charge on any atom is -0.484 e. The number of halogens is 2. The third-order valence-electron chi connectivity index (χ3n) is 3.45. The fourth-order valence-electron chi connectivity index (χ4n) is 2.45. The number of aromatic nitrogens is 2. The van der Waals surface area contributed by atoms with Crippen LogP contribution in [0.1, 0.15) is 16.8 Å². The van der Waals surface area contributed by atoms with Gasteiger partial charge in [-0.15, -0.1) is 0 Å². The minimum atomic E-state index is -0.582. The van der Waals surface area contributed by atoms with Gasteiger partial charge in [0.1, 0.15) is 18.7 Å². The molecular formula is C14H12F2N2O2. The monoisotopic (exact) mass is 278 g/mol. The van der Waals surface area contributed by atoms with Gasteiger partial charge in [-0.1, -0.05) is 0 Å². The minimum absolute atomic E-state index is 0.0513. The fraction of sp³-hybridized carbons (Fsp3) is 0.286. The van der Waals surface area contributed by atoms with E-state index >= 15 is 0 Å². The van der Waals surface area contributed by atoms with E-state index < -0.39 is 11.6 Å². The van der Waals surface area contributed by atoms with Crippen molar-refractivity contribution in [2.75, 3.05) is 0 Å². The third-order valence-corrected chi connectivity index (χ3v) is 3.45. The molecule has 1 unspecified atom stereocenters.